The number of thioether (sulfide) groups is 1. The van der Waals surface area contributed by atoms with Gasteiger partial charge in [0.25, 0.3) is 0 Å². The van der Waals surface area contributed by atoms with Crippen molar-refractivity contribution in [2.45, 2.75) is 56.5 Å². The molecule has 0 radical (unpaired) electrons. The molecule has 0 fully saturated rings. The zero-order valence-electron chi connectivity index (χ0n) is 19.5. The third-order valence-corrected chi connectivity index (χ3v) is 8.10. The normalized spacial score (nSPS) is 11.9. The molecule has 0 aliphatic heterocycles. The monoisotopic (exact) mass is 489 g/mol. The Morgan fingerprint density at radius 1 is 1.15 bits per heavy atom. The van der Waals surface area contributed by atoms with Gasteiger partial charge in [0, 0.05) is 32.5 Å². The van der Waals surface area contributed by atoms with Crippen LogP contribution in [0, 0.1) is 0 Å². The number of hydrogen-bond donors (Lipinski definition) is 1. The van der Waals surface area contributed by atoms with Gasteiger partial charge in [0.1, 0.15) is 5.82 Å². The van der Waals surface area contributed by atoms with E-state index in [0.717, 1.165) is 29.3 Å². The van der Waals surface area contributed by atoms with Gasteiger partial charge >= 0.3 is 0 Å². The maximum atomic E-state index is 12.9. The average Bonchev–Trinajstić information content (AvgIpc) is 3.16. The van der Waals surface area contributed by atoms with E-state index in [1.54, 1.807) is 30.1 Å². The summed E-state index contributed by atoms with van der Waals surface area (Å²) >= 11 is 1.54. The highest BCUT2D eigenvalue weighted by molar-refractivity contribution is 7.98. The number of imidazole rings is 1. The van der Waals surface area contributed by atoms with E-state index in [4.69, 9.17) is 4.98 Å². The number of rotatable bonds is 11. The number of carbonyl (C=O) groups is 1. The number of nitrogens with one attached hydrogen (secondary N) is 1. The number of benzene rings is 1. The fourth-order valence-corrected chi connectivity index (χ4v) is 5.56. The fraction of sp³-hybridized carbons (Fsp3) is 0.435. The molecule has 8 nitrogen and oxygen atoms in total. The zero-order valence-corrected chi connectivity index (χ0v) is 21.2. The average molecular weight is 490 g/mol. The highest BCUT2D eigenvalue weighted by Gasteiger charge is 2.23. The van der Waals surface area contributed by atoms with Crippen LogP contribution in [0.3, 0.4) is 0 Å². The number of nitrogens with zero attached hydrogens (tertiary/aromatic N) is 4. The summed E-state index contributed by atoms with van der Waals surface area (Å²) in [6.45, 7) is 7.30. The van der Waals surface area contributed by atoms with Crippen LogP contribution in [0.1, 0.15) is 39.4 Å². The van der Waals surface area contributed by atoms with Gasteiger partial charge in [0.05, 0.1) is 32.8 Å². The van der Waals surface area contributed by atoms with Crippen molar-refractivity contribution in [3.05, 3.63) is 42.4 Å². The maximum absolute atomic E-state index is 12.9. The minimum atomic E-state index is -3.56. The molecule has 33 heavy (non-hydrogen) atoms. The van der Waals surface area contributed by atoms with Crippen molar-refractivity contribution in [3.63, 3.8) is 0 Å². The molecule has 10 heteroatoms. The molecule has 0 aliphatic carbocycles. The molecule has 0 saturated carbocycles. The standard InChI is InChI=1S/C23H31N5O3S2/c1-5-14-28-20-10-9-18(33(30,31)27(6-2)7-3)15-19(20)26-21(28)11-12-22(29)25-17-8-13-23(32-4)24-16-17/h8-10,13,15-16H,5-7,11-12,14H2,1-4H3,(H,25,29). The number of fused-ring (bicyclic) bond motifs is 1. The van der Waals surface area contributed by atoms with Crippen molar-refractivity contribution in [3.8, 4) is 0 Å². The van der Waals surface area contributed by atoms with Crippen molar-refractivity contribution < 1.29 is 13.2 Å². The topological polar surface area (TPSA) is 97.2 Å². The SMILES string of the molecule is CCCn1c(CCC(=O)Nc2ccc(SC)nc2)nc2cc(S(=O)(=O)N(CC)CC)ccc21. The van der Waals surface area contributed by atoms with Crippen LogP contribution in [-0.2, 0) is 27.8 Å². The summed E-state index contributed by atoms with van der Waals surface area (Å²) in [7, 11) is -3.56. The quantitative estimate of drug-likeness (QED) is 0.406. The van der Waals surface area contributed by atoms with E-state index in [1.807, 2.05) is 38.3 Å². The predicted molar refractivity (Wildman–Crippen MR) is 133 cm³/mol. The van der Waals surface area contributed by atoms with Crippen molar-refractivity contribution in [1.29, 1.82) is 0 Å². The Morgan fingerprint density at radius 3 is 2.52 bits per heavy atom. The lowest BCUT2D eigenvalue weighted by atomic mass is 10.2. The van der Waals surface area contributed by atoms with E-state index in [0.29, 0.717) is 30.7 Å². The maximum Gasteiger partial charge on any atom is 0.243 e. The molecule has 0 atom stereocenters. The van der Waals surface area contributed by atoms with Crippen molar-refractivity contribution >= 4 is 44.4 Å². The van der Waals surface area contributed by atoms with Crippen molar-refractivity contribution in [2.75, 3.05) is 24.7 Å². The second kappa shape index (κ2) is 11.1. The smallest absolute Gasteiger partial charge is 0.243 e. The van der Waals surface area contributed by atoms with Gasteiger partial charge in [-0.2, -0.15) is 4.31 Å². The van der Waals surface area contributed by atoms with Crippen LogP contribution in [-0.4, -0.2) is 52.5 Å². The van der Waals surface area contributed by atoms with Gasteiger partial charge in [-0.05, 0) is 43.0 Å². The molecular weight excluding hydrogens is 458 g/mol. The van der Waals surface area contributed by atoms with Crippen LogP contribution < -0.4 is 5.32 Å². The Hall–Kier alpha value is -2.43. The summed E-state index contributed by atoms with van der Waals surface area (Å²) < 4.78 is 29.3. The number of aromatic nitrogens is 3. The number of sulfonamides is 1. The molecule has 1 amide bonds. The minimum absolute atomic E-state index is 0.117. The Labute approximate surface area is 199 Å². The fourth-order valence-electron chi connectivity index (χ4n) is 3.72. The third-order valence-electron chi connectivity index (χ3n) is 5.39. The molecule has 3 rings (SSSR count). The first kappa shape index (κ1) is 25.2. The van der Waals surface area contributed by atoms with E-state index in [-0.39, 0.29) is 17.2 Å². The van der Waals surface area contributed by atoms with Gasteiger partial charge in [-0.15, -0.1) is 11.8 Å². The van der Waals surface area contributed by atoms with Gasteiger partial charge in [-0.3, -0.25) is 4.79 Å². The summed E-state index contributed by atoms with van der Waals surface area (Å²) in [5.41, 5.74) is 2.16. The molecule has 1 N–H and O–H groups in total. The molecule has 2 heterocycles. The molecule has 0 unspecified atom stereocenters. The lowest BCUT2D eigenvalue weighted by Gasteiger charge is -2.18. The Kier molecular flexibility index (Phi) is 8.50. The van der Waals surface area contributed by atoms with E-state index in [2.05, 4.69) is 21.8 Å². The highest BCUT2D eigenvalue weighted by Crippen LogP contribution is 2.24. The number of aryl methyl sites for hydroxylation is 2. The summed E-state index contributed by atoms with van der Waals surface area (Å²) in [5.74, 6) is 0.656. The van der Waals surface area contributed by atoms with Crippen molar-refractivity contribution in [1.82, 2.24) is 18.8 Å². The number of carbonyl (C=O) groups excluding carboxylic acids is 1. The second-order valence-electron chi connectivity index (χ2n) is 7.56. The number of amides is 1. The molecule has 178 valence electrons. The van der Waals surface area contributed by atoms with Gasteiger partial charge in [0.2, 0.25) is 15.9 Å². The molecule has 2 aromatic heterocycles. The first-order valence-corrected chi connectivity index (χ1v) is 13.8. The van der Waals surface area contributed by atoms with Gasteiger partial charge < -0.3 is 9.88 Å². The largest absolute Gasteiger partial charge is 0.328 e. The van der Waals surface area contributed by atoms with Crippen LogP contribution in [0.15, 0.2) is 46.5 Å². The number of pyridine rings is 1. The van der Waals surface area contributed by atoms with Crippen LogP contribution >= 0.6 is 11.8 Å². The van der Waals surface area contributed by atoms with E-state index >= 15 is 0 Å². The van der Waals surface area contributed by atoms with Crippen LogP contribution in [0.4, 0.5) is 5.69 Å². The minimum Gasteiger partial charge on any atom is -0.328 e. The molecule has 0 saturated heterocycles. The highest BCUT2D eigenvalue weighted by atomic mass is 32.2. The van der Waals surface area contributed by atoms with Crippen molar-refractivity contribution in [2.24, 2.45) is 0 Å². The zero-order chi connectivity index (χ0) is 24.0. The van der Waals surface area contributed by atoms with E-state index in [1.165, 1.54) is 4.31 Å². The van der Waals surface area contributed by atoms with Gasteiger partial charge in [-0.1, -0.05) is 20.8 Å². The Bertz CT molecular complexity index is 1200. The predicted octanol–water partition coefficient (Wildman–Crippen LogP) is 4.17. The third kappa shape index (κ3) is 5.74. The lowest BCUT2D eigenvalue weighted by Crippen LogP contribution is -2.30. The first-order valence-electron chi connectivity index (χ1n) is 11.1. The van der Waals surface area contributed by atoms with Crippen LogP contribution in [0.2, 0.25) is 0 Å². The molecular formula is C23H31N5O3S2. The second-order valence-corrected chi connectivity index (χ2v) is 10.3. The molecule has 3 aromatic rings. The number of hydrogen-bond acceptors (Lipinski definition) is 6. The molecule has 1 aromatic carbocycles. The summed E-state index contributed by atoms with van der Waals surface area (Å²) in [6.07, 6.45) is 5.22. The summed E-state index contributed by atoms with van der Waals surface area (Å²) in [5, 5.41) is 3.76. The summed E-state index contributed by atoms with van der Waals surface area (Å²) in [6, 6.07) is 8.80. The molecule has 0 aliphatic rings. The van der Waals surface area contributed by atoms with Crippen LogP contribution in [0.5, 0.6) is 0 Å². The number of anilines is 1. The first-order chi connectivity index (χ1) is 15.8. The molecule has 0 bridgehead atoms. The lowest BCUT2D eigenvalue weighted by molar-refractivity contribution is -0.116. The van der Waals surface area contributed by atoms with E-state index < -0.39 is 10.0 Å². The van der Waals surface area contributed by atoms with E-state index in [9.17, 15) is 13.2 Å². The van der Waals surface area contributed by atoms with Crippen LogP contribution in [0.25, 0.3) is 11.0 Å². The summed E-state index contributed by atoms with van der Waals surface area (Å²) in [4.78, 5) is 21.7. The Balaban J connectivity index is 1.81. The Morgan fingerprint density at radius 2 is 1.91 bits per heavy atom. The molecule has 0 spiro atoms. The van der Waals surface area contributed by atoms with Gasteiger partial charge in [-0.25, -0.2) is 18.4 Å². The van der Waals surface area contributed by atoms with Gasteiger partial charge in [0.15, 0.2) is 0 Å².